The fourth-order valence-corrected chi connectivity index (χ4v) is 4.34. The number of hydrogen-bond donors (Lipinski definition) is 1. The summed E-state index contributed by atoms with van der Waals surface area (Å²) in [5.41, 5.74) is 0. The maximum absolute atomic E-state index is 11.3. The molecule has 2 aliphatic rings. The Labute approximate surface area is 95.4 Å². The van der Waals surface area contributed by atoms with Crippen LogP contribution in [0.1, 0.15) is 19.3 Å². The number of carbonyl (C=O) groups is 1. The van der Waals surface area contributed by atoms with Crippen LogP contribution < -0.4 is 0 Å². The van der Waals surface area contributed by atoms with E-state index in [-0.39, 0.29) is 23.5 Å². The Morgan fingerprint density at radius 1 is 1.19 bits per heavy atom. The molecule has 0 bridgehead atoms. The molecule has 0 saturated carbocycles. The minimum absolute atomic E-state index is 0.125. The molecule has 0 aromatic rings. The van der Waals surface area contributed by atoms with Crippen molar-refractivity contribution in [3.63, 3.8) is 0 Å². The lowest BCUT2D eigenvalue weighted by Gasteiger charge is -2.33. The third-order valence-electron chi connectivity index (χ3n) is 3.60. The van der Waals surface area contributed by atoms with Crippen LogP contribution in [0.5, 0.6) is 0 Å². The predicted octanol–water partition coefficient (Wildman–Crippen LogP) is -0.0299. The third-order valence-corrected chi connectivity index (χ3v) is 5.35. The second kappa shape index (κ2) is 4.33. The third kappa shape index (κ3) is 2.55. The van der Waals surface area contributed by atoms with Crippen LogP contribution in [0, 0.1) is 5.92 Å². The highest BCUT2D eigenvalue weighted by Gasteiger charge is 2.35. The second-order valence-corrected chi connectivity index (χ2v) is 6.93. The van der Waals surface area contributed by atoms with E-state index in [4.69, 9.17) is 5.11 Å². The monoisotopic (exact) mass is 247 g/mol. The smallest absolute Gasteiger partial charge is 0.306 e. The van der Waals surface area contributed by atoms with Gasteiger partial charge in [0.05, 0.1) is 17.4 Å². The lowest BCUT2D eigenvalue weighted by Crippen LogP contribution is -2.43. The first-order valence-corrected chi connectivity index (χ1v) is 7.47. The van der Waals surface area contributed by atoms with Crippen molar-refractivity contribution in [3.8, 4) is 0 Å². The van der Waals surface area contributed by atoms with Crippen LogP contribution in [0.2, 0.25) is 0 Å². The summed E-state index contributed by atoms with van der Waals surface area (Å²) in [6.07, 6.45) is 2.00. The fourth-order valence-electron chi connectivity index (χ4n) is 2.57. The molecule has 2 rings (SSSR count). The highest BCUT2D eigenvalue weighted by molar-refractivity contribution is 7.91. The van der Waals surface area contributed by atoms with Crippen molar-refractivity contribution in [3.05, 3.63) is 0 Å². The van der Waals surface area contributed by atoms with Crippen molar-refractivity contribution >= 4 is 15.8 Å². The number of rotatable bonds is 2. The summed E-state index contributed by atoms with van der Waals surface area (Å²) in [6.45, 7) is 1.44. The van der Waals surface area contributed by atoms with Crippen LogP contribution in [0.25, 0.3) is 0 Å². The molecule has 6 heteroatoms. The predicted molar refractivity (Wildman–Crippen MR) is 59.0 cm³/mol. The van der Waals surface area contributed by atoms with Gasteiger partial charge < -0.3 is 5.11 Å². The fraction of sp³-hybridized carbons (Fsp3) is 0.900. The highest BCUT2D eigenvalue weighted by Crippen LogP contribution is 2.24. The van der Waals surface area contributed by atoms with E-state index in [1.165, 1.54) is 0 Å². The Morgan fingerprint density at radius 3 is 2.25 bits per heavy atom. The molecule has 1 atom stereocenters. The van der Waals surface area contributed by atoms with Crippen molar-refractivity contribution in [1.82, 2.24) is 4.90 Å². The van der Waals surface area contributed by atoms with E-state index in [0.29, 0.717) is 19.3 Å². The first-order chi connectivity index (χ1) is 7.48. The summed E-state index contributed by atoms with van der Waals surface area (Å²) < 4.78 is 22.7. The van der Waals surface area contributed by atoms with Gasteiger partial charge in [-0.3, -0.25) is 9.69 Å². The summed E-state index contributed by atoms with van der Waals surface area (Å²) in [4.78, 5) is 12.9. The Hall–Kier alpha value is -0.620. The van der Waals surface area contributed by atoms with Crippen LogP contribution >= 0.6 is 0 Å². The van der Waals surface area contributed by atoms with Gasteiger partial charge in [0.25, 0.3) is 0 Å². The van der Waals surface area contributed by atoms with E-state index < -0.39 is 15.8 Å². The number of carboxylic acid groups (broad SMARTS) is 1. The average molecular weight is 247 g/mol. The van der Waals surface area contributed by atoms with Gasteiger partial charge in [-0.1, -0.05) is 0 Å². The van der Waals surface area contributed by atoms with E-state index in [1.807, 2.05) is 0 Å². The van der Waals surface area contributed by atoms with Gasteiger partial charge in [-0.2, -0.15) is 0 Å². The molecule has 0 radical (unpaired) electrons. The van der Waals surface area contributed by atoms with Gasteiger partial charge in [0, 0.05) is 6.04 Å². The standard InChI is InChI=1S/C10H17NO4S/c12-10(13)8-1-4-11(5-2-8)9-3-6-16(14,15)7-9/h8-9H,1-7H2,(H,12,13). The maximum atomic E-state index is 11.3. The van der Waals surface area contributed by atoms with Gasteiger partial charge in [-0.15, -0.1) is 0 Å². The maximum Gasteiger partial charge on any atom is 0.306 e. The van der Waals surface area contributed by atoms with Crippen molar-refractivity contribution < 1.29 is 18.3 Å². The van der Waals surface area contributed by atoms with Gasteiger partial charge >= 0.3 is 5.97 Å². The van der Waals surface area contributed by atoms with Gasteiger partial charge in [0.1, 0.15) is 0 Å². The topological polar surface area (TPSA) is 74.7 Å². The van der Waals surface area contributed by atoms with Gasteiger partial charge in [0.2, 0.25) is 0 Å². The molecule has 0 aromatic heterocycles. The Kier molecular flexibility index (Phi) is 3.21. The number of hydrogen-bond acceptors (Lipinski definition) is 4. The molecule has 1 unspecified atom stereocenters. The largest absolute Gasteiger partial charge is 0.481 e. The molecule has 2 fully saturated rings. The molecule has 16 heavy (non-hydrogen) atoms. The number of carboxylic acids is 1. The van der Waals surface area contributed by atoms with E-state index in [2.05, 4.69) is 4.90 Å². The van der Waals surface area contributed by atoms with E-state index in [0.717, 1.165) is 13.1 Å². The molecule has 0 spiro atoms. The first kappa shape index (κ1) is 11.9. The zero-order valence-corrected chi connectivity index (χ0v) is 9.95. The summed E-state index contributed by atoms with van der Waals surface area (Å²) >= 11 is 0. The molecular formula is C10H17NO4S. The van der Waals surface area contributed by atoms with Gasteiger partial charge in [-0.25, -0.2) is 8.42 Å². The lowest BCUT2D eigenvalue weighted by molar-refractivity contribution is -0.143. The molecule has 0 aromatic carbocycles. The number of nitrogens with zero attached hydrogens (tertiary/aromatic N) is 1. The molecule has 0 amide bonds. The number of sulfone groups is 1. The zero-order valence-electron chi connectivity index (χ0n) is 9.13. The first-order valence-electron chi connectivity index (χ1n) is 5.65. The van der Waals surface area contributed by atoms with Crippen molar-refractivity contribution in [2.24, 2.45) is 5.92 Å². The average Bonchev–Trinajstić information content (AvgIpc) is 2.59. The molecule has 2 heterocycles. The van der Waals surface area contributed by atoms with Crippen LogP contribution in [0.15, 0.2) is 0 Å². The normalized spacial score (nSPS) is 31.6. The molecule has 5 nitrogen and oxygen atoms in total. The summed E-state index contributed by atoms with van der Waals surface area (Å²) in [7, 11) is -2.83. The Bertz CT molecular complexity index is 370. The van der Waals surface area contributed by atoms with E-state index in [1.54, 1.807) is 0 Å². The SMILES string of the molecule is O=C(O)C1CCN(C2CCS(=O)(=O)C2)CC1. The van der Waals surface area contributed by atoms with Crippen LogP contribution in [0.4, 0.5) is 0 Å². The Morgan fingerprint density at radius 2 is 1.81 bits per heavy atom. The second-order valence-electron chi connectivity index (χ2n) is 4.71. The van der Waals surface area contributed by atoms with Crippen LogP contribution in [-0.4, -0.2) is 55.0 Å². The van der Waals surface area contributed by atoms with Gasteiger partial charge in [0.15, 0.2) is 9.84 Å². The Balaban J connectivity index is 1.88. The highest BCUT2D eigenvalue weighted by atomic mass is 32.2. The van der Waals surface area contributed by atoms with Crippen molar-refractivity contribution in [2.75, 3.05) is 24.6 Å². The number of aliphatic carboxylic acids is 1. The molecular weight excluding hydrogens is 230 g/mol. The number of likely N-dealkylation sites (tertiary alicyclic amines) is 1. The minimum atomic E-state index is -2.83. The molecule has 1 N–H and O–H groups in total. The molecule has 2 aliphatic heterocycles. The van der Waals surface area contributed by atoms with Crippen molar-refractivity contribution in [2.45, 2.75) is 25.3 Å². The quantitative estimate of drug-likeness (QED) is 0.741. The lowest BCUT2D eigenvalue weighted by atomic mass is 9.96. The van der Waals surface area contributed by atoms with Crippen molar-refractivity contribution in [1.29, 1.82) is 0 Å². The summed E-state index contributed by atoms with van der Waals surface area (Å²) in [5.74, 6) is -0.422. The molecule has 2 saturated heterocycles. The zero-order chi connectivity index (χ0) is 11.8. The van der Waals surface area contributed by atoms with E-state index in [9.17, 15) is 13.2 Å². The minimum Gasteiger partial charge on any atom is -0.481 e. The van der Waals surface area contributed by atoms with Crippen LogP contribution in [0.3, 0.4) is 0 Å². The number of piperidine rings is 1. The van der Waals surface area contributed by atoms with Gasteiger partial charge in [-0.05, 0) is 32.4 Å². The summed E-state index contributed by atoms with van der Waals surface area (Å²) in [6, 6.07) is 0.125. The molecule has 0 aliphatic carbocycles. The van der Waals surface area contributed by atoms with E-state index >= 15 is 0 Å². The molecule has 92 valence electrons. The van der Waals surface area contributed by atoms with Crippen LogP contribution in [-0.2, 0) is 14.6 Å². The summed E-state index contributed by atoms with van der Waals surface area (Å²) in [5, 5.41) is 8.86.